The molecule has 0 amide bonds. The van der Waals surface area contributed by atoms with Crippen LogP contribution in [0.4, 0.5) is 0 Å². The zero-order valence-corrected chi connectivity index (χ0v) is 13.0. The van der Waals surface area contributed by atoms with Crippen LogP contribution in [-0.4, -0.2) is 16.1 Å². The van der Waals surface area contributed by atoms with Crippen molar-refractivity contribution in [1.29, 1.82) is 0 Å². The molecule has 0 aliphatic heterocycles. The lowest BCUT2D eigenvalue weighted by Gasteiger charge is -2.15. The second kappa shape index (κ2) is 6.71. The first-order valence-electron chi connectivity index (χ1n) is 7.30. The molecule has 0 saturated heterocycles. The average molecular weight is 271 g/mol. The number of nitrogens with zero attached hydrogens (tertiary/aromatic N) is 2. The summed E-state index contributed by atoms with van der Waals surface area (Å²) in [5.74, 6) is 1.68. The second-order valence-electron chi connectivity index (χ2n) is 5.86. The Hall–Kier alpha value is -1.61. The van der Waals surface area contributed by atoms with Crippen LogP contribution in [0.5, 0.6) is 0 Å². The molecule has 0 aliphatic carbocycles. The molecule has 0 saturated carbocycles. The summed E-state index contributed by atoms with van der Waals surface area (Å²) in [6.07, 6.45) is 3.92. The van der Waals surface area contributed by atoms with Gasteiger partial charge in [-0.2, -0.15) is 0 Å². The third kappa shape index (κ3) is 4.20. The van der Waals surface area contributed by atoms with Gasteiger partial charge in [-0.1, -0.05) is 36.2 Å². The average Bonchev–Trinajstić information content (AvgIpc) is 2.73. The van der Waals surface area contributed by atoms with E-state index in [1.807, 2.05) is 6.20 Å². The summed E-state index contributed by atoms with van der Waals surface area (Å²) in [6.45, 7) is 11.6. The van der Waals surface area contributed by atoms with Crippen molar-refractivity contribution in [3.63, 3.8) is 0 Å². The van der Waals surface area contributed by atoms with Gasteiger partial charge in [0.15, 0.2) is 0 Å². The molecule has 20 heavy (non-hydrogen) atoms. The maximum atomic E-state index is 4.26. The van der Waals surface area contributed by atoms with E-state index < -0.39 is 0 Å². The van der Waals surface area contributed by atoms with Gasteiger partial charge in [-0.25, -0.2) is 4.98 Å². The maximum absolute atomic E-state index is 4.26. The molecule has 0 spiro atoms. The Labute approximate surface area is 122 Å². The summed E-state index contributed by atoms with van der Waals surface area (Å²) in [7, 11) is 0. The lowest BCUT2D eigenvalue weighted by molar-refractivity contribution is 0.440. The third-order valence-electron chi connectivity index (χ3n) is 3.54. The number of benzene rings is 1. The summed E-state index contributed by atoms with van der Waals surface area (Å²) in [5, 5.41) is 3.55. The van der Waals surface area contributed by atoms with Gasteiger partial charge in [-0.05, 0) is 38.8 Å². The second-order valence-corrected chi connectivity index (χ2v) is 5.86. The highest BCUT2D eigenvalue weighted by atomic mass is 15.1. The van der Waals surface area contributed by atoms with Crippen LogP contribution >= 0.6 is 0 Å². The molecule has 0 fully saturated rings. The number of hydrogen-bond acceptors (Lipinski definition) is 2. The molecule has 1 N–H and O–H groups in total. The SMILES string of the molecule is Cc1cc(C)cc(CNCC(C)Cn2ccnc2C)c1. The summed E-state index contributed by atoms with van der Waals surface area (Å²) >= 11 is 0. The smallest absolute Gasteiger partial charge is 0.105 e. The van der Waals surface area contributed by atoms with Crippen LogP contribution in [-0.2, 0) is 13.1 Å². The van der Waals surface area contributed by atoms with E-state index in [0.717, 1.165) is 25.5 Å². The number of hydrogen-bond donors (Lipinski definition) is 1. The largest absolute Gasteiger partial charge is 0.335 e. The van der Waals surface area contributed by atoms with E-state index in [9.17, 15) is 0 Å². The first-order chi connectivity index (χ1) is 9.54. The number of imidazole rings is 1. The first kappa shape index (κ1) is 14.8. The van der Waals surface area contributed by atoms with Crippen molar-refractivity contribution >= 4 is 0 Å². The Kier molecular flexibility index (Phi) is 4.96. The van der Waals surface area contributed by atoms with E-state index in [0.29, 0.717) is 5.92 Å². The van der Waals surface area contributed by atoms with E-state index in [4.69, 9.17) is 0 Å². The standard InChI is InChI=1S/C17H25N3/c1-13-7-14(2)9-17(8-13)11-18-10-15(3)12-20-6-5-19-16(20)4/h5-9,15,18H,10-12H2,1-4H3. The van der Waals surface area contributed by atoms with Gasteiger partial charge in [0.05, 0.1) is 0 Å². The van der Waals surface area contributed by atoms with E-state index >= 15 is 0 Å². The molecule has 3 heteroatoms. The van der Waals surface area contributed by atoms with Crippen LogP contribution in [0.15, 0.2) is 30.6 Å². The number of aryl methyl sites for hydroxylation is 3. The fourth-order valence-corrected chi connectivity index (χ4v) is 2.63. The normalized spacial score (nSPS) is 12.6. The monoisotopic (exact) mass is 271 g/mol. The Morgan fingerprint density at radius 2 is 1.85 bits per heavy atom. The predicted octanol–water partition coefficient (Wildman–Crippen LogP) is 3.23. The van der Waals surface area contributed by atoms with Crippen molar-refractivity contribution in [2.24, 2.45) is 5.92 Å². The van der Waals surface area contributed by atoms with E-state index in [1.165, 1.54) is 16.7 Å². The molecule has 0 bridgehead atoms. The Morgan fingerprint density at radius 3 is 2.45 bits per heavy atom. The predicted molar refractivity (Wildman–Crippen MR) is 83.8 cm³/mol. The molecule has 108 valence electrons. The van der Waals surface area contributed by atoms with Gasteiger partial charge in [0.1, 0.15) is 5.82 Å². The highest BCUT2D eigenvalue weighted by molar-refractivity contribution is 5.28. The summed E-state index contributed by atoms with van der Waals surface area (Å²) in [6, 6.07) is 6.73. The molecule has 0 aliphatic rings. The lowest BCUT2D eigenvalue weighted by atomic mass is 10.1. The van der Waals surface area contributed by atoms with Gasteiger partial charge in [0.2, 0.25) is 0 Å². The van der Waals surface area contributed by atoms with Gasteiger partial charge in [-0.15, -0.1) is 0 Å². The van der Waals surface area contributed by atoms with Crippen molar-refractivity contribution < 1.29 is 0 Å². The van der Waals surface area contributed by atoms with Crippen LogP contribution in [0.25, 0.3) is 0 Å². The highest BCUT2D eigenvalue weighted by Gasteiger charge is 2.05. The molecular weight excluding hydrogens is 246 g/mol. The van der Waals surface area contributed by atoms with Gasteiger partial charge in [0.25, 0.3) is 0 Å². The van der Waals surface area contributed by atoms with Crippen LogP contribution in [0.1, 0.15) is 29.4 Å². The maximum Gasteiger partial charge on any atom is 0.105 e. The highest BCUT2D eigenvalue weighted by Crippen LogP contribution is 2.09. The van der Waals surface area contributed by atoms with Crippen molar-refractivity contribution in [1.82, 2.24) is 14.9 Å². The minimum Gasteiger partial charge on any atom is -0.335 e. The molecule has 3 nitrogen and oxygen atoms in total. The van der Waals surface area contributed by atoms with Crippen molar-refractivity contribution in [3.05, 3.63) is 53.1 Å². The molecular formula is C17H25N3. The molecule has 1 heterocycles. The number of rotatable bonds is 6. The minimum absolute atomic E-state index is 0.591. The van der Waals surface area contributed by atoms with Gasteiger partial charge in [-0.3, -0.25) is 0 Å². The molecule has 0 radical (unpaired) electrons. The lowest BCUT2D eigenvalue weighted by Crippen LogP contribution is -2.24. The minimum atomic E-state index is 0.591. The fraction of sp³-hybridized carbons (Fsp3) is 0.471. The van der Waals surface area contributed by atoms with Gasteiger partial charge < -0.3 is 9.88 Å². The number of nitrogens with one attached hydrogen (secondary N) is 1. The summed E-state index contributed by atoms with van der Waals surface area (Å²) < 4.78 is 2.21. The van der Waals surface area contributed by atoms with Crippen LogP contribution in [0.2, 0.25) is 0 Å². The Balaban J connectivity index is 1.79. The topological polar surface area (TPSA) is 29.9 Å². The van der Waals surface area contributed by atoms with E-state index in [1.54, 1.807) is 0 Å². The van der Waals surface area contributed by atoms with Gasteiger partial charge >= 0.3 is 0 Å². The zero-order valence-electron chi connectivity index (χ0n) is 13.0. The molecule has 1 aromatic heterocycles. The van der Waals surface area contributed by atoms with E-state index in [-0.39, 0.29) is 0 Å². The molecule has 1 unspecified atom stereocenters. The van der Waals surface area contributed by atoms with Crippen molar-refractivity contribution in [2.45, 2.75) is 40.8 Å². The van der Waals surface area contributed by atoms with Gasteiger partial charge in [0, 0.05) is 25.5 Å². The fourth-order valence-electron chi connectivity index (χ4n) is 2.63. The summed E-state index contributed by atoms with van der Waals surface area (Å²) in [4.78, 5) is 4.26. The van der Waals surface area contributed by atoms with Crippen LogP contribution in [0, 0.1) is 26.7 Å². The van der Waals surface area contributed by atoms with E-state index in [2.05, 4.69) is 67.0 Å². The summed E-state index contributed by atoms with van der Waals surface area (Å²) in [5.41, 5.74) is 4.04. The molecule has 1 atom stereocenters. The molecule has 2 aromatic rings. The van der Waals surface area contributed by atoms with Crippen LogP contribution < -0.4 is 5.32 Å². The third-order valence-corrected chi connectivity index (χ3v) is 3.54. The Bertz CT molecular complexity index is 537. The number of aromatic nitrogens is 2. The quantitative estimate of drug-likeness (QED) is 0.874. The van der Waals surface area contributed by atoms with Crippen molar-refractivity contribution in [3.8, 4) is 0 Å². The first-order valence-corrected chi connectivity index (χ1v) is 7.30. The van der Waals surface area contributed by atoms with Crippen LogP contribution in [0.3, 0.4) is 0 Å². The van der Waals surface area contributed by atoms with Crippen molar-refractivity contribution in [2.75, 3.05) is 6.54 Å². The molecule has 1 aromatic carbocycles. The zero-order chi connectivity index (χ0) is 14.5. The molecule has 2 rings (SSSR count). The Morgan fingerprint density at radius 1 is 1.15 bits per heavy atom.